The van der Waals surface area contributed by atoms with Crippen LogP contribution in [0.2, 0.25) is 0 Å². The molecule has 2 spiro atoms. The van der Waals surface area contributed by atoms with Crippen molar-refractivity contribution in [2.45, 2.75) is 76.7 Å². The predicted octanol–water partition coefficient (Wildman–Crippen LogP) is 4.47. The summed E-state index contributed by atoms with van der Waals surface area (Å²) in [6.07, 6.45) is 14.6. The molecule has 0 amide bonds. The van der Waals surface area contributed by atoms with Crippen molar-refractivity contribution in [1.29, 1.82) is 0 Å². The van der Waals surface area contributed by atoms with E-state index in [9.17, 15) is 15.0 Å². The highest BCUT2D eigenvalue weighted by Gasteiger charge is 2.81. The molecule has 9 atom stereocenters. The van der Waals surface area contributed by atoms with Gasteiger partial charge in [0.25, 0.3) is 0 Å². The lowest BCUT2D eigenvalue weighted by Crippen LogP contribution is -2.63. The monoisotopic (exact) mass is 571 g/mol. The lowest BCUT2D eigenvalue weighted by molar-refractivity contribution is -0.185. The molecule has 6 bridgehead atoms. The van der Waals surface area contributed by atoms with Crippen LogP contribution in [0.1, 0.15) is 71.1 Å². The minimum atomic E-state index is -0.168. The molecule has 7 aliphatic rings. The molecule has 0 saturated heterocycles. The van der Waals surface area contributed by atoms with Gasteiger partial charge in [0, 0.05) is 36.7 Å². The van der Waals surface area contributed by atoms with Crippen LogP contribution in [0.15, 0.2) is 28.3 Å². The first-order chi connectivity index (χ1) is 18.9. The fraction of sp³-hybridized carbons (Fsp3) is 0.806. The van der Waals surface area contributed by atoms with Gasteiger partial charge < -0.3 is 21.3 Å². The number of ketones is 1. The second-order valence-electron chi connectivity index (χ2n) is 14.0. The Morgan fingerprint density at radius 3 is 2.85 bits per heavy atom. The van der Waals surface area contributed by atoms with Gasteiger partial charge in [0.2, 0.25) is 0 Å². The number of aliphatic imine (C=N–C) groups is 1. The average molecular weight is 572 g/mol. The van der Waals surface area contributed by atoms with E-state index in [0.717, 1.165) is 82.3 Å². The van der Waals surface area contributed by atoms with E-state index >= 15 is 0 Å². The Morgan fingerprint density at radius 2 is 2.05 bits per heavy atom. The molecule has 3 fully saturated rings. The highest BCUT2D eigenvalue weighted by atomic mass is 33.1. The normalized spacial score (nSPS) is 48.4. The standard InChI is InChI=1S/C31H45N3O3S2/c1-28-12-15-38-39-18-30(11-13-33-27(32)34-30)9-2-5-21-24-20-8-10-29(17-36,16-23(20)28)26-19(4-3-14-35)6-7-22(25(21)37)31(24,26)28/h6-7,19-20,22-23,26,35-36H,2-5,8-18H2,1H3,(H3,32,33,34)/t19-,20+,22+,23-,26-,28+,29-,30-,31-/m1/s1. The molecule has 3 saturated carbocycles. The minimum Gasteiger partial charge on any atom is -0.396 e. The summed E-state index contributed by atoms with van der Waals surface area (Å²) in [7, 11) is 3.99. The molecule has 0 aromatic rings. The zero-order chi connectivity index (χ0) is 27.0. The van der Waals surface area contributed by atoms with E-state index in [-0.39, 0.29) is 46.8 Å². The molecule has 7 rings (SSSR count). The molecule has 5 aliphatic carbocycles. The number of hydrogen-bond donors (Lipinski definition) is 4. The van der Waals surface area contributed by atoms with Gasteiger partial charge in [0.1, 0.15) is 0 Å². The van der Waals surface area contributed by atoms with E-state index in [1.807, 2.05) is 21.6 Å². The van der Waals surface area contributed by atoms with Gasteiger partial charge in [-0.3, -0.25) is 9.79 Å². The fourth-order valence-corrected chi connectivity index (χ4v) is 14.2. The van der Waals surface area contributed by atoms with Crippen molar-refractivity contribution in [3.63, 3.8) is 0 Å². The average Bonchev–Trinajstić information content (AvgIpc) is 3.17. The van der Waals surface area contributed by atoms with Crippen molar-refractivity contribution in [3.8, 4) is 0 Å². The molecule has 0 aromatic carbocycles. The predicted molar refractivity (Wildman–Crippen MR) is 159 cm³/mol. The summed E-state index contributed by atoms with van der Waals surface area (Å²) in [5, 5.41) is 24.5. The second-order valence-corrected chi connectivity index (χ2v) is 16.6. The van der Waals surface area contributed by atoms with Gasteiger partial charge in [-0.15, -0.1) is 0 Å². The number of allylic oxidation sites excluding steroid dienone is 4. The van der Waals surface area contributed by atoms with Gasteiger partial charge in [-0.1, -0.05) is 46.2 Å². The maximum Gasteiger partial charge on any atom is 0.189 e. The quantitative estimate of drug-likeness (QED) is 0.291. The third kappa shape index (κ3) is 3.50. The number of aliphatic hydroxyl groups is 2. The number of rotatable bonds is 4. The van der Waals surface area contributed by atoms with Crippen LogP contribution in [-0.4, -0.2) is 58.8 Å². The fourth-order valence-electron chi connectivity index (χ4n) is 11.3. The molecule has 2 aliphatic heterocycles. The summed E-state index contributed by atoms with van der Waals surface area (Å²) in [5.74, 6) is 4.60. The minimum absolute atomic E-state index is 0.0501. The lowest BCUT2D eigenvalue weighted by atomic mass is 9.37. The van der Waals surface area contributed by atoms with Gasteiger partial charge in [-0.25, -0.2) is 0 Å². The van der Waals surface area contributed by atoms with Crippen LogP contribution < -0.4 is 11.1 Å². The molecule has 214 valence electrons. The molecule has 0 aromatic heterocycles. The Hall–Kier alpha value is -0.960. The highest BCUT2D eigenvalue weighted by Crippen LogP contribution is 2.85. The Balaban J connectivity index is 1.37. The number of nitrogens with zero attached hydrogens (tertiary/aromatic N) is 1. The van der Waals surface area contributed by atoms with Crippen molar-refractivity contribution in [3.05, 3.63) is 23.3 Å². The van der Waals surface area contributed by atoms with Crippen LogP contribution in [0, 0.1) is 45.8 Å². The number of carbonyl (C=O) groups excluding carboxylic acids is 1. The first-order valence-corrected chi connectivity index (χ1v) is 17.8. The first kappa shape index (κ1) is 26.9. The van der Waals surface area contributed by atoms with E-state index in [1.54, 1.807) is 5.57 Å². The molecule has 39 heavy (non-hydrogen) atoms. The van der Waals surface area contributed by atoms with E-state index in [1.165, 1.54) is 5.57 Å². The molecular weight excluding hydrogens is 526 g/mol. The Labute approximate surface area is 240 Å². The molecule has 5 N–H and O–H groups in total. The topological polar surface area (TPSA) is 108 Å². The number of guanidine groups is 1. The van der Waals surface area contributed by atoms with E-state index in [0.29, 0.717) is 29.5 Å². The van der Waals surface area contributed by atoms with Crippen LogP contribution in [0.3, 0.4) is 0 Å². The highest BCUT2D eigenvalue weighted by molar-refractivity contribution is 8.76. The largest absolute Gasteiger partial charge is 0.396 e. The zero-order valence-electron chi connectivity index (χ0n) is 23.3. The van der Waals surface area contributed by atoms with Gasteiger partial charge >= 0.3 is 0 Å². The third-order valence-corrected chi connectivity index (χ3v) is 15.2. The molecule has 6 nitrogen and oxygen atoms in total. The summed E-state index contributed by atoms with van der Waals surface area (Å²) in [6, 6.07) is 0. The van der Waals surface area contributed by atoms with Crippen molar-refractivity contribution >= 4 is 33.3 Å². The van der Waals surface area contributed by atoms with Crippen LogP contribution in [-0.2, 0) is 4.79 Å². The van der Waals surface area contributed by atoms with E-state index in [2.05, 4.69) is 29.4 Å². The maximum atomic E-state index is 14.5. The summed E-state index contributed by atoms with van der Waals surface area (Å²) in [5.41, 5.74) is 8.62. The van der Waals surface area contributed by atoms with Gasteiger partial charge in [0.05, 0.1) is 11.5 Å². The van der Waals surface area contributed by atoms with E-state index < -0.39 is 0 Å². The van der Waals surface area contributed by atoms with Gasteiger partial charge in [-0.2, -0.15) is 0 Å². The number of fused-ring (bicyclic) bond motifs is 2. The lowest BCUT2D eigenvalue weighted by Gasteiger charge is -2.66. The summed E-state index contributed by atoms with van der Waals surface area (Å²) in [6.45, 7) is 3.76. The molecule has 2 heterocycles. The maximum absolute atomic E-state index is 14.5. The van der Waals surface area contributed by atoms with Crippen LogP contribution >= 0.6 is 21.6 Å². The molecule has 8 heteroatoms. The number of hydrogen-bond acceptors (Lipinski definition) is 8. The Kier molecular flexibility index (Phi) is 6.58. The van der Waals surface area contributed by atoms with Crippen molar-refractivity contribution in [1.82, 2.24) is 5.32 Å². The number of nitrogens with two attached hydrogens (primary N) is 1. The second kappa shape index (κ2) is 9.53. The number of nitrogens with one attached hydrogen (secondary N) is 1. The number of Topliss-reactive ketones (excluding diaryl/α,β-unsaturated/α-hetero) is 1. The Morgan fingerprint density at radius 1 is 1.18 bits per heavy atom. The van der Waals surface area contributed by atoms with Crippen LogP contribution in [0.4, 0.5) is 0 Å². The zero-order valence-corrected chi connectivity index (χ0v) is 24.9. The SMILES string of the molecule is C[C@]12CCSSC[C@@]3(CCCC4=C5[C@H]6CC[C@](CO)(C[C@H]61)[C@H]1[C@H](CCCO)C=C[C@@H](C4=O)[C@@]512)CCN=C(N)N3. The number of carbonyl (C=O) groups is 1. The van der Waals surface area contributed by atoms with Crippen molar-refractivity contribution < 1.29 is 15.0 Å². The Bertz CT molecular complexity index is 1140. The van der Waals surface area contributed by atoms with E-state index in [4.69, 9.17) is 5.73 Å². The number of aliphatic hydroxyl groups excluding tert-OH is 2. The molecule has 0 unspecified atom stereocenters. The smallest absolute Gasteiger partial charge is 0.189 e. The van der Waals surface area contributed by atoms with Crippen LogP contribution in [0.5, 0.6) is 0 Å². The van der Waals surface area contributed by atoms with Crippen LogP contribution in [0.25, 0.3) is 0 Å². The summed E-state index contributed by atoms with van der Waals surface area (Å²) in [4.78, 5) is 18.9. The van der Waals surface area contributed by atoms with Gasteiger partial charge in [0.15, 0.2) is 11.7 Å². The third-order valence-electron chi connectivity index (χ3n) is 12.7. The summed E-state index contributed by atoms with van der Waals surface area (Å²) >= 11 is 0. The van der Waals surface area contributed by atoms with Crippen molar-refractivity contribution in [2.75, 3.05) is 31.3 Å². The molecule has 0 radical (unpaired) electrons. The molecular formula is C31H45N3O3S2. The first-order valence-electron chi connectivity index (χ1n) is 15.4. The van der Waals surface area contributed by atoms with Crippen molar-refractivity contribution in [2.24, 2.45) is 56.6 Å². The van der Waals surface area contributed by atoms with Gasteiger partial charge in [-0.05, 0) is 104 Å². The summed E-state index contributed by atoms with van der Waals surface area (Å²) < 4.78 is 0.